The second kappa shape index (κ2) is 5.93. The molecule has 0 bridgehead atoms. The zero-order valence-corrected chi connectivity index (χ0v) is 13.0. The van der Waals surface area contributed by atoms with Crippen molar-refractivity contribution in [3.8, 4) is 6.07 Å². The van der Waals surface area contributed by atoms with E-state index in [1.807, 2.05) is 48.7 Å². The van der Waals surface area contributed by atoms with Gasteiger partial charge >= 0.3 is 0 Å². The third kappa shape index (κ3) is 2.92. The van der Waals surface area contributed by atoms with Crippen LogP contribution in [0.1, 0.15) is 27.3 Å². The molecule has 114 valence electrons. The van der Waals surface area contributed by atoms with Gasteiger partial charge in [-0.15, -0.1) is 0 Å². The summed E-state index contributed by atoms with van der Waals surface area (Å²) in [7, 11) is 0. The van der Waals surface area contributed by atoms with Crippen LogP contribution in [0.2, 0.25) is 0 Å². The number of anilines is 1. The first-order valence-corrected chi connectivity index (χ1v) is 7.31. The fraction of sp³-hybridized carbons (Fsp3) is 0.167. The van der Waals surface area contributed by atoms with Gasteiger partial charge in [0.1, 0.15) is 11.3 Å². The minimum atomic E-state index is -0.200. The van der Waals surface area contributed by atoms with Crippen molar-refractivity contribution in [3.63, 3.8) is 0 Å². The average molecular weight is 304 g/mol. The fourth-order valence-corrected chi connectivity index (χ4v) is 2.53. The maximum absolute atomic E-state index is 12.6. The number of benzene rings is 1. The summed E-state index contributed by atoms with van der Waals surface area (Å²) in [6.45, 7) is 3.80. The third-order valence-corrected chi connectivity index (χ3v) is 3.65. The predicted octanol–water partition coefficient (Wildman–Crippen LogP) is 3.27. The lowest BCUT2D eigenvalue weighted by atomic mass is 10.1. The molecule has 0 unspecified atom stereocenters. The smallest absolute Gasteiger partial charge is 0.274 e. The minimum absolute atomic E-state index is 0.200. The summed E-state index contributed by atoms with van der Waals surface area (Å²) in [4.78, 5) is 17.0. The maximum Gasteiger partial charge on any atom is 0.274 e. The summed E-state index contributed by atoms with van der Waals surface area (Å²) in [5, 5.41) is 11.6. The molecule has 5 heteroatoms. The molecule has 1 aromatic carbocycles. The van der Waals surface area contributed by atoms with E-state index in [0.717, 1.165) is 16.8 Å². The van der Waals surface area contributed by atoms with Gasteiger partial charge in [0.25, 0.3) is 5.91 Å². The first-order chi connectivity index (χ1) is 11.1. The van der Waals surface area contributed by atoms with Crippen LogP contribution in [0.4, 0.5) is 5.69 Å². The number of carbonyl (C=O) groups excluding carboxylic acids is 1. The quantitative estimate of drug-likeness (QED) is 0.807. The third-order valence-electron chi connectivity index (χ3n) is 3.65. The van der Waals surface area contributed by atoms with E-state index >= 15 is 0 Å². The number of imidazole rings is 1. The summed E-state index contributed by atoms with van der Waals surface area (Å²) in [5.41, 5.74) is 4.65. The number of carbonyl (C=O) groups is 1. The predicted molar refractivity (Wildman–Crippen MR) is 88.4 cm³/mol. The molecule has 5 nitrogen and oxygen atoms in total. The monoisotopic (exact) mass is 304 g/mol. The van der Waals surface area contributed by atoms with Crippen molar-refractivity contribution in [3.05, 3.63) is 65.1 Å². The highest BCUT2D eigenvalue weighted by molar-refractivity contribution is 6.04. The second-order valence-corrected chi connectivity index (χ2v) is 5.47. The van der Waals surface area contributed by atoms with Crippen LogP contribution in [0.25, 0.3) is 5.65 Å². The van der Waals surface area contributed by atoms with Crippen molar-refractivity contribution >= 4 is 17.2 Å². The van der Waals surface area contributed by atoms with Gasteiger partial charge in [0, 0.05) is 11.9 Å². The Morgan fingerprint density at radius 1 is 1.22 bits per heavy atom. The number of pyridine rings is 1. The lowest BCUT2D eigenvalue weighted by molar-refractivity contribution is 0.102. The van der Waals surface area contributed by atoms with E-state index in [-0.39, 0.29) is 5.91 Å². The molecule has 1 N–H and O–H groups in total. The lowest BCUT2D eigenvalue weighted by Crippen LogP contribution is -2.15. The van der Waals surface area contributed by atoms with Crippen LogP contribution in [0, 0.1) is 25.2 Å². The highest BCUT2D eigenvalue weighted by atomic mass is 16.2. The van der Waals surface area contributed by atoms with Crippen LogP contribution in [0.3, 0.4) is 0 Å². The number of hydrogen-bond donors (Lipinski definition) is 1. The Hall–Kier alpha value is -3.13. The van der Waals surface area contributed by atoms with Crippen LogP contribution in [0.5, 0.6) is 0 Å². The van der Waals surface area contributed by atoms with Crippen molar-refractivity contribution in [2.24, 2.45) is 0 Å². The highest BCUT2D eigenvalue weighted by Crippen LogP contribution is 2.16. The Labute approximate surface area is 134 Å². The molecule has 2 aromatic heterocycles. The molecule has 3 rings (SSSR count). The Bertz CT molecular complexity index is 917. The van der Waals surface area contributed by atoms with E-state index in [9.17, 15) is 4.79 Å². The number of rotatable bonds is 3. The molecule has 0 aliphatic carbocycles. The van der Waals surface area contributed by atoms with Crippen LogP contribution >= 0.6 is 0 Å². The molecule has 0 saturated carbocycles. The second-order valence-electron chi connectivity index (χ2n) is 5.47. The van der Waals surface area contributed by atoms with Crippen molar-refractivity contribution in [1.29, 1.82) is 5.26 Å². The Balaban J connectivity index is 1.90. The van der Waals surface area contributed by atoms with Crippen LogP contribution in [0.15, 0.2) is 42.6 Å². The molecule has 0 atom stereocenters. The zero-order valence-electron chi connectivity index (χ0n) is 13.0. The first kappa shape index (κ1) is 14.8. The van der Waals surface area contributed by atoms with Crippen LogP contribution in [-0.2, 0) is 6.42 Å². The average Bonchev–Trinajstić information content (AvgIpc) is 2.84. The van der Waals surface area contributed by atoms with Crippen molar-refractivity contribution in [1.82, 2.24) is 9.38 Å². The maximum atomic E-state index is 12.6. The molecule has 0 saturated heterocycles. The first-order valence-electron chi connectivity index (χ1n) is 7.31. The zero-order chi connectivity index (χ0) is 16.4. The highest BCUT2D eigenvalue weighted by Gasteiger charge is 2.16. The molecule has 0 spiro atoms. The molecular weight excluding hydrogens is 288 g/mol. The Morgan fingerprint density at radius 2 is 1.96 bits per heavy atom. The van der Waals surface area contributed by atoms with Crippen LogP contribution < -0.4 is 5.32 Å². The van der Waals surface area contributed by atoms with E-state index in [0.29, 0.717) is 23.5 Å². The number of amides is 1. The fourth-order valence-electron chi connectivity index (χ4n) is 2.53. The number of nitriles is 1. The van der Waals surface area contributed by atoms with E-state index in [1.165, 1.54) is 0 Å². The summed E-state index contributed by atoms with van der Waals surface area (Å²) in [5.74, 6) is -0.200. The van der Waals surface area contributed by atoms with Crippen molar-refractivity contribution < 1.29 is 4.79 Å². The number of nitrogens with zero attached hydrogens (tertiary/aromatic N) is 3. The lowest BCUT2D eigenvalue weighted by Gasteiger charge is -2.07. The van der Waals surface area contributed by atoms with E-state index in [4.69, 9.17) is 5.26 Å². The Kier molecular flexibility index (Phi) is 3.82. The number of fused-ring (bicyclic) bond motifs is 1. The van der Waals surface area contributed by atoms with Gasteiger partial charge in [-0.05, 0) is 43.2 Å². The minimum Gasteiger partial charge on any atom is -0.321 e. The largest absolute Gasteiger partial charge is 0.321 e. The summed E-state index contributed by atoms with van der Waals surface area (Å²) >= 11 is 0. The molecule has 23 heavy (non-hydrogen) atoms. The molecule has 3 aromatic rings. The molecule has 0 aliphatic rings. The van der Waals surface area contributed by atoms with Crippen LogP contribution in [-0.4, -0.2) is 15.3 Å². The number of aromatic nitrogens is 2. The number of aryl methyl sites for hydroxylation is 2. The van der Waals surface area contributed by atoms with Gasteiger partial charge in [-0.3, -0.25) is 9.20 Å². The van der Waals surface area contributed by atoms with Gasteiger partial charge in [-0.2, -0.15) is 5.26 Å². The molecule has 0 fully saturated rings. The van der Waals surface area contributed by atoms with E-state index in [2.05, 4.69) is 16.4 Å². The number of hydrogen-bond acceptors (Lipinski definition) is 3. The van der Waals surface area contributed by atoms with Gasteiger partial charge in [0.2, 0.25) is 0 Å². The van der Waals surface area contributed by atoms with Gasteiger partial charge in [-0.1, -0.05) is 18.2 Å². The van der Waals surface area contributed by atoms with E-state index < -0.39 is 0 Å². The molecule has 1 amide bonds. The van der Waals surface area contributed by atoms with Crippen molar-refractivity contribution in [2.45, 2.75) is 20.3 Å². The molecule has 0 aliphatic heterocycles. The summed E-state index contributed by atoms with van der Waals surface area (Å²) in [6, 6.07) is 13.2. The summed E-state index contributed by atoms with van der Waals surface area (Å²) in [6.07, 6.45) is 2.26. The number of nitrogens with one attached hydrogen (secondary N) is 1. The molecular formula is C18H16N4O. The molecule has 0 radical (unpaired) electrons. The Morgan fingerprint density at radius 3 is 2.65 bits per heavy atom. The summed E-state index contributed by atoms with van der Waals surface area (Å²) < 4.78 is 1.81. The molecule has 2 heterocycles. The van der Waals surface area contributed by atoms with Gasteiger partial charge in [-0.25, -0.2) is 4.98 Å². The van der Waals surface area contributed by atoms with E-state index in [1.54, 1.807) is 12.1 Å². The standard InChI is InChI=1S/C18H16N4O/c1-12-3-8-16-20-13(2)17(22(16)11-12)18(23)21-15-6-4-14(5-7-15)9-10-19/h3-8,11H,9H2,1-2H3,(H,21,23). The SMILES string of the molecule is Cc1ccc2nc(C)c(C(=O)Nc3ccc(CC#N)cc3)n2c1. The van der Waals surface area contributed by atoms with Gasteiger partial charge < -0.3 is 5.32 Å². The van der Waals surface area contributed by atoms with Gasteiger partial charge in [0.15, 0.2) is 0 Å². The normalized spacial score (nSPS) is 10.5. The van der Waals surface area contributed by atoms with Crippen molar-refractivity contribution in [2.75, 3.05) is 5.32 Å². The van der Waals surface area contributed by atoms with Gasteiger partial charge in [0.05, 0.1) is 18.2 Å². The topological polar surface area (TPSA) is 70.2 Å².